The van der Waals surface area contributed by atoms with Gasteiger partial charge >= 0.3 is 0 Å². The van der Waals surface area contributed by atoms with E-state index in [-0.39, 0.29) is 5.92 Å². The zero-order valence-electron chi connectivity index (χ0n) is 24.4. The maximum atomic E-state index is 13.5. The minimum atomic E-state index is -3.56. The van der Waals surface area contributed by atoms with Crippen LogP contribution in [0.2, 0.25) is 0 Å². The number of fused-ring (bicyclic) bond motifs is 1. The largest absolute Gasteiger partial charge is 0.481 e. The number of allylic oxidation sites excluding steroid dienone is 5. The van der Waals surface area contributed by atoms with Gasteiger partial charge in [-0.1, -0.05) is 56.1 Å². The normalized spacial score (nSPS) is 21.5. The van der Waals surface area contributed by atoms with Gasteiger partial charge in [0, 0.05) is 56.0 Å². The number of sulfonamides is 1. The van der Waals surface area contributed by atoms with E-state index in [0.29, 0.717) is 35.8 Å². The summed E-state index contributed by atoms with van der Waals surface area (Å²) in [5, 5.41) is 4.25. The van der Waals surface area contributed by atoms with Crippen LogP contribution in [0.25, 0.3) is 10.3 Å². The molecule has 2 aromatic rings. The van der Waals surface area contributed by atoms with Gasteiger partial charge in [0.2, 0.25) is 15.9 Å². The van der Waals surface area contributed by atoms with E-state index in [4.69, 9.17) is 9.72 Å². The van der Waals surface area contributed by atoms with Crippen molar-refractivity contribution < 1.29 is 13.2 Å². The van der Waals surface area contributed by atoms with Crippen molar-refractivity contribution in [2.24, 2.45) is 11.8 Å². The number of hydrogen-bond acceptors (Lipinski definition) is 8. The lowest BCUT2D eigenvalue weighted by Crippen LogP contribution is -2.53. The van der Waals surface area contributed by atoms with E-state index in [1.807, 2.05) is 24.3 Å². The molecule has 1 N–H and O–H groups in total. The molecule has 0 aromatic carbocycles. The first-order chi connectivity index (χ1) is 20.4. The van der Waals surface area contributed by atoms with Crippen LogP contribution in [0, 0.1) is 11.8 Å². The van der Waals surface area contributed by atoms with Gasteiger partial charge in [0.05, 0.1) is 12.0 Å². The minimum absolute atomic E-state index is 0.179. The van der Waals surface area contributed by atoms with E-state index in [9.17, 15) is 8.42 Å². The Bertz CT molecular complexity index is 1530. The van der Waals surface area contributed by atoms with Gasteiger partial charge < -0.3 is 10.1 Å². The van der Waals surface area contributed by atoms with E-state index in [2.05, 4.69) is 27.5 Å². The number of nitrogens with one attached hydrogen (secondary N) is 1. The average Bonchev–Trinajstić information content (AvgIpc) is 3.55. The third kappa shape index (κ3) is 6.58. The second-order valence-electron chi connectivity index (χ2n) is 11.9. The average molecular weight is 608 g/mol. The van der Waals surface area contributed by atoms with Gasteiger partial charge in [-0.15, -0.1) is 5.73 Å². The van der Waals surface area contributed by atoms with Gasteiger partial charge in [-0.05, 0) is 55.4 Å². The second-order valence-corrected chi connectivity index (χ2v) is 14.8. The van der Waals surface area contributed by atoms with Crippen molar-refractivity contribution in [1.29, 1.82) is 0 Å². The van der Waals surface area contributed by atoms with E-state index in [0.717, 1.165) is 52.7 Å². The van der Waals surface area contributed by atoms with Crippen molar-refractivity contribution in [3.05, 3.63) is 64.9 Å². The number of hydrogen-bond donors (Lipinski definition) is 1. The minimum Gasteiger partial charge on any atom is -0.481 e. The van der Waals surface area contributed by atoms with Crippen LogP contribution in [0.1, 0.15) is 57.8 Å². The fourth-order valence-corrected chi connectivity index (χ4v) is 8.76. The Morgan fingerprint density at radius 3 is 2.60 bits per heavy atom. The number of piperazine rings is 1. The van der Waals surface area contributed by atoms with Gasteiger partial charge in [-0.25, -0.2) is 18.4 Å². The van der Waals surface area contributed by atoms with Crippen LogP contribution in [0.4, 0.5) is 5.13 Å². The molecule has 8 nitrogen and oxygen atoms in total. The monoisotopic (exact) mass is 607 g/mol. The molecule has 1 atom stereocenters. The summed E-state index contributed by atoms with van der Waals surface area (Å²) in [6.07, 6.45) is 17.9. The number of ether oxygens (including phenoxy) is 1. The molecule has 0 radical (unpaired) electrons. The SMILES string of the molecule is C=C(Nc1nc2ccc(OC)nc2s1)C(CC1=CC=C(S(=O)(=O)N2CCN(C3CCC3)CC2)C=C=C1)CC1CCCC1. The van der Waals surface area contributed by atoms with E-state index in [1.54, 1.807) is 23.6 Å². The summed E-state index contributed by atoms with van der Waals surface area (Å²) in [6, 6.07) is 4.39. The van der Waals surface area contributed by atoms with Gasteiger partial charge in [0.1, 0.15) is 10.3 Å². The maximum Gasteiger partial charge on any atom is 0.243 e. The lowest BCUT2D eigenvalue weighted by atomic mass is 9.86. The summed E-state index contributed by atoms with van der Waals surface area (Å²) in [5.74, 6) is 1.42. The Hall–Kier alpha value is -2.75. The van der Waals surface area contributed by atoms with Crippen molar-refractivity contribution in [1.82, 2.24) is 19.2 Å². The fraction of sp³-hybridized carbons (Fsp3) is 0.531. The highest BCUT2D eigenvalue weighted by Gasteiger charge is 2.33. The number of methoxy groups -OCH3 is 1. The molecule has 0 amide bonds. The Morgan fingerprint density at radius 2 is 1.88 bits per heavy atom. The molecular weight excluding hydrogens is 567 g/mol. The molecule has 1 unspecified atom stereocenters. The summed E-state index contributed by atoms with van der Waals surface area (Å²) in [6.45, 7) is 7.17. The molecule has 0 bridgehead atoms. The molecular formula is C32H41N5O3S2. The topological polar surface area (TPSA) is 87.7 Å². The first-order valence-electron chi connectivity index (χ1n) is 15.2. The standard InChI is InChI=1S/C32H41N5O3S2/c1-23(33-32-34-29-15-16-30(40-2)35-31(29)41-32)26(21-24-7-3-4-8-24)22-25-9-5-12-28(14-13-25)42(38,39)37-19-17-36(18-20-37)27-10-6-11-27/h9,12-16,24,26-27H,1,3-4,6-8,10-11,17-22H2,2H3,(H,33,34). The highest BCUT2D eigenvalue weighted by atomic mass is 32.2. The molecule has 224 valence electrons. The predicted octanol–water partition coefficient (Wildman–Crippen LogP) is 6.25. The Labute approximate surface area is 253 Å². The van der Waals surface area contributed by atoms with Gasteiger partial charge in [-0.3, -0.25) is 4.90 Å². The lowest BCUT2D eigenvalue weighted by Gasteiger charge is -2.42. The molecule has 3 aliphatic carbocycles. The third-order valence-electron chi connectivity index (χ3n) is 9.23. The van der Waals surface area contributed by atoms with Gasteiger partial charge in [0.25, 0.3) is 0 Å². The van der Waals surface area contributed by atoms with Crippen LogP contribution in [-0.4, -0.2) is 66.9 Å². The Kier molecular flexibility index (Phi) is 8.98. The quantitative estimate of drug-likeness (QED) is 0.302. The fourth-order valence-electron chi connectivity index (χ4n) is 6.50. The number of aromatic nitrogens is 2. The van der Waals surface area contributed by atoms with Crippen molar-refractivity contribution in [3.8, 4) is 5.88 Å². The lowest BCUT2D eigenvalue weighted by molar-refractivity contribution is 0.0892. The molecule has 0 spiro atoms. The van der Waals surface area contributed by atoms with Crippen LogP contribution >= 0.6 is 11.3 Å². The van der Waals surface area contributed by atoms with Crippen LogP contribution in [0.5, 0.6) is 5.88 Å². The van der Waals surface area contributed by atoms with E-state index in [1.165, 1.54) is 56.3 Å². The van der Waals surface area contributed by atoms with Gasteiger partial charge in [0.15, 0.2) is 5.13 Å². The zero-order chi connectivity index (χ0) is 29.1. The first kappa shape index (κ1) is 29.3. The highest BCUT2D eigenvalue weighted by molar-refractivity contribution is 7.93. The molecule has 2 aromatic heterocycles. The van der Waals surface area contributed by atoms with Crippen molar-refractivity contribution in [2.45, 2.75) is 63.8 Å². The summed E-state index contributed by atoms with van der Waals surface area (Å²) in [4.78, 5) is 12.8. The predicted molar refractivity (Wildman–Crippen MR) is 170 cm³/mol. The van der Waals surface area contributed by atoms with Crippen LogP contribution in [-0.2, 0) is 10.0 Å². The van der Waals surface area contributed by atoms with E-state index < -0.39 is 10.0 Å². The summed E-state index contributed by atoms with van der Waals surface area (Å²) >= 11 is 1.49. The highest BCUT2D eigenvalue weighted by Crippen LogP contribution is 2.37. The van der Waals surface area contributed by atoms with Crippen molar-refractivity contribution in [3.63, 3.8) is 0 Å². The molecule has 42 heavy (non-hydrogen) atoms. The smallest absolute Gasteiger partial charge is 0.243 e. The van der Waals surface area contributed by atoms with Crippen molar-refractivity contribution >= 4 is 36.8 Å². The number of rotatable bonds is 11. The second kappa shape index (κ2) is 12.9. The molecule has 3 heterocycles. The van der Waals surface area contributed by atoms with Crippen LogP contribution in [0.15, 0.2) is 64.9 Å². The summed E-state index contributed by atoms with van der Waals surface area (Å²) in [7, 11) is -1.95. The first-order valence-corrected chi connectivity index (χ1v) is 17.5. The van der Waals surface area contributed by atoms with E-state index >= 15 is 0 Å². The number of thiazole rings is 1. The molecule has 10 heteroatoms. The Morgan fingerprint density at radius 1 is 1.10 bits per heavy atom. The third-order valence-corrected chi connectivity index (χ3v) is 12.0. The van der Waals surface area contributed by atoms with Crippen molar-refractivity contribution in [2.75, 3.05) is 38.6 Å². The number of anilines is 1. The van der Waals surface area contributed by atoms with Gasteiger partial charge in [-0.2, -0.15) is 4.31 Å². The molecule has 1 aliphatic heterocycles. The Balaban J connectivity index is 1.15. The molecule has 1 saturated heterocycles. The molecule has 3 fully saturated rings. The number of pyridine rings is 1. The molecule has 6 rings (SSSR count). The summed E-state index contributed by atoms with van der Waals surface area (Å²) < 4.78 is 33.9. The van der Waals surface area contributed by atoms with Crippen LogP contribution < -0.4 is 10.1 Å². The number of nitrogens with zero attached hydrogens (tertiary/aromatic N) is 4. The molecule has 4 aliphatic rings. The summed E-state index contributed by atoms with van der Waals surface area (Å²) in [5.41, 5.74) is 5.97. The maximum absolute atomic E-state index is 13.5. The zero-order valence-corrected chi connectivity index (χ0v) is 26.1. The van der Waals surface area contributed by atoms with Crippen LogP contribution in [0.3, 0.4) is 0 Å². The molecule has 2 saturated carbocycles.